The van der Waals surface area contributed by atoms with Gasteiger partial charge in [-0.15, -0.1) is 0 Å². The van der Waals surface area contributed by atoms with Gasteiger partial charge in [-0.2, -0.15) is 0 Å². The number of urea groups is 1. The zero-order chi connectivity index (χ0) is 23.0. The first kappa shape index (κ1) is 22.8. The summed E-state index contributed by atoms with van der Waals surface area (Å²) in [5, 5.41) is 7.90. The highest BCUT2D eigenvalue weighted by molar-refractivity contribution is 7.92. The Morgan fingerprint density at radius 1 is 0.750 bits per heavy atom. The van der Waals surface area contributed by atoms with E-state index in [0.29, 0.717) is 11.4 Å². The van der Waals surface area contributed by atoms with Gasteiger partial charge in [-0.1, -0.05) is 18.2 Å². The molecule has 32 heavy (non-hydrogen) atoms. The Morgan fingerprint density at radius 2 is 1.34 bits per heavy atom. The van der Waals surface area contributed by atoms with Crippen LogP contribution >= 0.6 is 0 Å². The molecule has 0 bridgehead atoms. The highest BCUT2D eigenvalue weighted by Crippen LogP contribution is 2.19. The molecule has 0 heterocycles. The van der Waals surface area contributed by atoms with Crippen molar-refractivity contribution in [1.82, 2.24) is 5.32 Å². The second kappa shape index (κ2) is 10.4. The first-order chi connectivity index (χ1) is 15.3. The number of sulfonamides is 1. The van der Waals surface area contributed by atoms with Gasteiger partial charge in [-0.05, 0) is 60.7 Å². The Morgan fingerprint density at radius 3 is 2.00 bits per heavy atom. The topological polar surface area (TPSA) is 116 Å². The van der Waals surface area contributed by atoms with Gasteiger partial charge in [0.15, 0.2) is 0 Å². The minimum absolute atomic E-state index is 0.0567. The average molecular weight is 456 g/mol. The Kier molecular flexibility index (Phi) is 7.40. The number of carbonyl (C=O) groups excluding carboxylic acids is 2. The molecule has 3 aromatic carbocycles. The van der Waals surface area contributed by atoms with Crippen molar-refractivity contribution in [1.29, 1.82) is 0 Å². The smallest absolute Gasteiger partial charge is 0.319 e. The van der Waals surface area contributed by atoms with Crippen molar-refractivity contribution in [3.8, 4) is 0 Å². The maximum atomic E-state index is 13.0. The number of para-hydroxylation sites is 1. The molecule has 4 N–H and O–H groups in total. The standard InChI is InChI=1S/C22H21FN4O4S/c23-16-6-12-20(13-7-16)32(30,31)27-19-10-8-18(9-11-19)25-21(28)14-15-24-22(29)26-17-4-2-1-3-5-17/h1-13,27H,14-15H2,(H,25,28)(H2,24,26,29). The summed E-state index contributed by atoms with van der Waals surface area (Å²) in [6.07, 6.45) is 0.0567. The van der Waals surface area contributed by atoms with E-state index in [4.69, 9.17) is 0 Å². The molecule has 8 nitrogen and oxygen atoms in total. The predicted octanol–water partition coefficient (Wildman–Crippen LogP) is 3.78. The third-order valence-corrected chi connectivity index (χ3v) is 5.61. The summed E-state index contributed by atoms with van der Waals surface area (Å²) in [6.45, 7) is 0.139. The van der Waals surface area contributed by atoms with Crippen LogP contribution in [0.1, 0.15) is 6.42 Å². The van der Waals surface area contributed by atoms with Crippen LogP contribution < -0.4 is 20.7 Å². The highest BCUT2D eigenvalue weighted by atomic mass is 32.2. The van der Waals surface area contributed by atoms with Crippen molar-refractivity contribution in [2.75, 3.05) is 21.9 Å². The molecule has 0 spiro atoms. The molecular formula is C22H21FN4O4S. The monoisotopic (exact) mass is 456 g/mol. The molecule has 0 aliphatic heterocycles. The summed E-state index contributed by atoms with van der Waals surface area (Å²) in [6, 6.07) is 19.0. The molecule has 0 saturated carbocycles. The Labute approximate surface area is 184 Å². The quantitative estimate of drug-likeness (QED) is 0.413. The van der Waals surface area contributed by atoms with Crippen LogP contribution in [0.25, 0.3) is 0 Å². The van der Waals surface area contributed by atoms with E-state index in [2.05, 4.69) is 20.7 Å². The maximum absolute atomic E-state index is 13.0. The fourth-order valence-corrected chi connectivity index (χ4v) is 3.72. The molecule has 0 aliphatic carbocycles. The van der Waals surface area contributed by atoms with Gasteiger partial charge in [0.2, 0.25) is 5.91 Å². The van der Waals surface area contributed by atoms with Crippen LogP contribution in [0.15, 0.2) is 83.8 Å². The molecule has 3 aromatic rings. The minimum Gasteiger partial charge on any atom is -0.337 e. The number of nitrogens with one attached hydrogen (secondary N) is 4. The summed E-state index contributed by atoms with van der Waals surface area (Å²) in [4.78, 5) is 23.8. The van der Waals surface area contributed by atoms with E-state index in [1.807, 2.05) is 6.07 Å². The average Bonchev–Trinajstić information content (AvgIpc) is 2.76. The van der Waals surface area contributed by atoms with Gasteiger partial charge in [0.25, 0.3) is 10.0 Å². The maximum Gasteiger partial charge on any atom is 0.319 e. The molecule has 0 unspecified atom stereocenters. The zero-order valence-corrected chi connectivity index (χ0v) is 17.7. The lowest BCUT2D eigenvalue weighted by Crippen LogP contribution is -2.31. The minimum atomic E-state index is -3.86. The number of benzene rings is 3. The molecule has 0 aliphatic rings. The number of amides is 3. The number of carbonyl (C=O) groups is 2. The highest BCUT2D eigenvalue weighted by Gasteiger charge is 2.14. The van der Waals surface area contributed by atoms with E-state index in [1.54, 1.807) is 24.3 Å². The molecule has 0 fully saturated rings. The van der Waals surface area contributed by atoms with Gasteiger partial charge in [0.1, 0.15) is 5.82 Å². The lowest BCUT2D eigenvalue weighted by atomic mass is 10.3. The fraction of sp³-hybridized carbons (Fsp3) is 0.0909. The van der Waals surface area contributed by atoms with Crippen LogP contribution in [0.2, 0.25) is 0 Å². The molecule has 3 rings (SSSR count). The van der Waals surface area contributed by atoms with Crippen LogP contribution in [-0.4, -0.2) is 26.9 Å². The van der Waals surface area contributed by atoms with Crippen LogP contribution in [0, 0.1) is 5.82 Å². The molecule has 10 heteroatoms. The van der Waals surface area contributed by atoms with E-state index < -0.39 is 21.9 Å². The normalized spacial score (nSPS) is 10.8. The van der Waals surface area contributed by atoms with Crippen molar-refractivity contribution in [2.45, 2.75) is 11.3 Å². The lowest BCUT2D eigenvalue weighted by molar-refractivity contribution is -0.116. The molecular weight excluding hydrogens is 435 g/mol. The van der Waals surface area contributed by atoms with Crippen LogP contribution in [0.5, 0.6) is 0 Å². The van der Waals surface area contributed by atoms with Gasteiger partial charge in [-0.25, -0.2) is 17.6 Å². The van der Waals surface area contributed by atoms with Gasteiger partial charge in [0, 0.05) is 30.0 Å². The number of hydrogen-bond donors (Lipinski definition) is 4. The Hall–Kier alpha value is -3.92. The number of rotatable bonds is 8. The lowest BCUT2D eigenvalue weighted by Gasteiger charge is -2.10. The van der Waals surface area contributed by atoms with Crippen LogP contribution in [0.3, 0.4) is 0 Å². The Balaban J connectivity index is 1.45. The largest absolute Gasteiger partial charge is 0.337 e. The third-order valence-electron chi connectivity index (χ3n) is 4.21. The molecule has 166 valence electrons. The summed E-state index contributed by atoms with van der Waals surface area (Å²) in [5.74, 6) is -0.847. The van der Waals surface area contributed by atoms with E-state index in [1.165, 1.54) is 36.4 Å². The summed E-state index contributed by atoms with van der Waals surface area (Å²) >= 11 is 0. The molecule has 0 saturated heterocycles. The Bertz CT molecular complexity index is 1170. The number of hydrogen-bond acceptors (Lipinski definition) is 4. The first-order valence-electron chi connectivity index (χ1n) is 9.60. The molecule has 0 aromatic heterocycles. The second-order valence-electron chi connectivity index (χ2n) is 6.68. The summed E-state index contributed by atoms with van der Waals surface area (Å²) in [7, 11) is -3.86. The first-order valence-corrected chi connectivity index (χ1v) is 11.1. The van der Waals surface area contributed by atoms with E-state index >= 15 is 0 Å². The van der Waals surface area contributed by atoms with Gasteiger partial charge in [0.05, 0.1) is 4.90 Å². The van der Waals surface area contributed by atoms with Crippen molar-refractivity contribution >= 4 is 39.0 Å². The summed E-state index contributed by atoms with van der Waals surface area (Å²) in [5.41, 5.74) is 1.39. The predicted molar refractivity (Wildman–Crippen MR) is 120 cm³/mol. The fourth-order valence-electron chi connectivity index (χ4n) is 2.66. The van der Waals surface area contributed by atoms with Gasteiger partial charge < -0.3 is 16.0 Å². The van der Waals surface area contributed by atoms with Crippen molar-refractivity contribution in [3.05, 3.63) is 84.7 Å². The molecule has 0 atom stereocenters. The summed E-state index contributed by atoms with van der Waals surface area (Å²) < 4.78 is 40.0. The second-order valence-corrected chi connectivity index (χ2v) is 8.36. The van der Waals surface area contributed by atoms with Crippen molar-refractivity contribution < 1.29 is 22.4 Å². The van der Waals surface area contributed by atoms with E-state index in [-0.39, 0.29) is 29.5 Å². The van der Waals surface area contributed by atoms with Crippen LogP contribution in [0.4, 0.5) is 26.2 Å². The van der Waals surface area contributed by atoms with E-state index in [0.717, 1.165) is 12.1 Å². The van der Waals surface area contributed by atoms with Crippen molar-refractivity contribution in [3.63, 3.8) is 0 Å². The molecule has 3 amide bonds. The van der Waals surface area contributed by atoms with Crippen molar-refractivity contribution in [2.24, 2.45) is 0 Å². The van der Waals surface area contributed by atoms with E-state index in [9.17, 15) is 22.4 Å². The number of anilines is 3. The SMILES string of the molecule is O=C(CCNC(=O)Nc1ccccc1)Nc1ccc(NS(=O)(=O)c2ccc(F)cc2)cc1. The molecule has 0 radical (unpaired) electrons. The number of halogens is 1. The van der Waals surface area contributed by atoms with Crippen LogP contribution in [-0.2, 0) is 14.8 Å². The van der Waals surface area contributed by atoms with Gasteiger partial charge >= 0.3 is 6.03 Å². The zero-order valence-electron chi connectivity index (χ0n) is 16.8. The van der Waals surface area contributed by atoms with Gasteiger partial charge in [-0.3, -0.25) is 9.52 Å². The third kappa shape index (κ3) is 6.81.